The number of aromatic nitrogens is 1. The van der Waals surface area contributed by atoms with E-state index in [0.29, 0.717) is 6.42 Å². The van der Waals surface area contributed by atoms with Crippen molar-refractivity contribution in [3.05, 3.63) is 64.9 Å². The molecule has 0 radical (unpaired) electrons. The van der Waals surface area contributed by atoms with Gasteiger partial charge >= 0.3 is 0 Å². The molecule has 2 unspecified atom stereocenters. The number of hydrogen-bond donors (Lipinski definition) is 0. The maximum atomic E-state index is 13.0. The average molecular weight is 386 g/mol. The van der Waals surface area contributed by atoms with E-state index in [1.165, 1.54) is 0 Å². The van der Waals surface area contributed by atoms with Crippen molar-refractivity contribution in [1.82, 2.24) is 9.88 Å². The first-order chi connectivity index (χ1) is 13.7. The van der Waals surface area contributed by atoms with E-state index < -0.39 is 0 Å². The van der Waals surface area contributed by atoms with Crippen LogP contribution >= 0.6 is 0 Å². The number of amides is 1. The number of terminal acetylenes is 1. The smallest absolute Gasteiger partial charge is 0.225 e. The minimum absolute atomic E-state index is 0.0109. The van der Waals surface area contributed by atoms with Crippen LogP contribution in [0, 0.1) is 32.1 Å². The fourth-order valence-electron chi connectivity index (χ4n) is 4.23. The number of allylic oxidation sites excluding steroid dienone is 1. The van der Waals surface area contributed by atoms with E-state index in [-0.39, 0.29) is 29.9 Å². The van der Waals surface area contributed by atoms with Crippen LogP contribution in [0.25, 0.3) is 11.3 Å². The summed E-state index contributed by atoms with van der Waals surface area (Å²) in [6, 6.07) is 7.89. The van der Waals surface area contributed by atoms with Crippen molar-refractivity contribution in [2.45, 2.75) is 32.6 Å². The van der Waals surface area contributed by atoms with Gasteiger partial charge in [-0.1, -0.05) is 18.1 Å². The molecule has 0 aliphatic heterocycles. The van der Waals surface area contributed by atoms with Crippen molar-refractivity contribution in [3.63, 3.8) is 0 Å². The van der Waals surface area contributed by atoms with Crippen LogP contribution in [0.1, 0.15) is 41.0 Å². The Labute approximate surface area is 172 Å². The van der Waals surface area contributed by atoms with Crippen LogP contribution in [0.3, 0.4) is 0 Å². The molecule has 1 fully saturated rings. The second kappa shape index (κ2) is 8.05. The topological polar surface area (TPSA) is 50.3 Å². The van der Waals surface area contributed by atoms with E-state index in [9.17, 15) is 9.59 Å². The van der Waals surface area contributed by atoms with Gasteiger partial charge in [-0.3, -0.25) is 14.6 Å². The molecule has 1 heterocycles. The molecule has 1 aliphatic rings. The summed E-state index contributed by atoms with van der Waals surface area (Å²) in [7, 11) is 3.44. The Kier molecular flexibility index (Phi) is 5.70. The highest BCUT2D eigenvalue weighted by Gasteiger charge is 2.37. The molecule has 148 valence electrons. The van der Waals surface area contributed by atoms with Gasteiger partial charge in [0, 0.05) is 43.8 Å². The Hall–Kier alpha value is -3.19. The van der Waals surface area contributed by atoms with Crippen LogP contribution in [0.2, 0.25) is 0 Å². The summed E-state index contributed by atoms with van der Waals surface area (Å²) in [6.45, 7) is 8.20. The first-order valence-electron chi connectivity index (χ1n) is 9.68. The Balaban J connectivity index is 1.93. The lowest BCUT2D eigenvalue weighted by Gasteiger charge is -2.32. The van der Waals surface area contributed by atoms with Crippen LogP contribution in [-0.4, -0.2) is 35.7 Å². The molecule has 2 aromatic rings. The number of benzene rings is 1. The van der Waals surface area contributed by atoms with Gasteiger partial charge < -0.3 is 4.90 Å². The van der Waals surface area contributed by atoms with E-state index in [4.69, 9.17) is 6.42 Å². The largest absolute Gasteiger partial charge is 0.349 e. The van der Waals surface area contributed by atoms with Gasteiger partial charge in [0.05, 0.1) is 11.6 Å². The number of rotatable bonds is 3. The molecule has 1 saturated carbocycles. The maximum absolute atomic E-state index is 13.0. The number of nitrogens with zero attached hydrogens (tertiary/aromatic N) is 2. The third-order valence-corrected chi connectivity index (χ3v) is 5.58. The second-order valence-corrected chi connectivity index (χ2v) is 8.00. The third kappa shape index (κ3) is 4.00. The van der Waals surface area contributed by atoms with Crippen LogP contribution < -0.4 is 0 Å². The molecule has 1 aromatic heterocycles. The second-order valence-electron chi connectivity index (χ2n) is 8.00. The molecular formula is C25H26N2O2. The van der Waals surface area contributed by atoms with Gasteiger partial charge in [-0.2, -0.15) is 0 Å². The van der Waals surface area contributed by atoms with Crippen molar-refractivity contribution < 1.29 is 9.59 Å². The third-order valence-electron chi connectivity index (χ3n) is 5.58. The average Bonchev–Trinajstić information content (AvgIpc) is 2.68. The zero-order valence-electron chi connectivity index (χ0n) is 17.5. The number of pyridine rings is 1. The SMILES string of the molecule is C#Cc1ccc(-c2cc(C)c(C3C(=C)CC(C(=O)N(C)C)CC3=O)c(C)c2)nc1. The van der Waals surface area contributed by atoms with E-state index >= 15 is 0 Å². The van der Waals surface area contributed by atoms with Gasteiger partial charge in [0.25, 0.3) is 0 Å². The summed E-state index contributed by atoms with van der Waals surface area (Å²) < 4.78 is 0. The molecule has 2 atom stereocenters. The quantitative estimate of drug-likeness (QED) is 0.591. The molecule has 1 aromatic carbocycles. The summed E-state index contributed by atoms with van der Waals surface area (Å²) in [4.78, 5) is 31.3. The molecule has 0 spiro atoms. The van der Waals surface area contributed by atoms with Gasteiger partial charge in [-0.25, -0.2) is 0 Å². The summed E-state index contributed by atoms with van der Waals surface area (Å²) in [5.74, 6) is 1.97. The van der Waals surface area contributed by atoms with Crippen molar-refractivity contribution in [1.29, 1.82) is 0 Å². The van der Waals surface area contributed by atoms with E-state index in [1.54, 1.807) is 25.2 Å². The van der Waals surface area contributed by atoms with Gasteiger partial charge in [-0.15, -0.1) is 6.42 Å². The Morgan fingerprint density at radius 1 is 1.21 bits per heavy atom. The number of carbonyl (C=O) groups is 2. The number of hydrogen-bond acceptors (Lipinski definition) is 3. The first-order valence-corrected chi connectivity index (χ1v) is 9.68. The predicted molar refractivity (Wildman–Crippen MR) is 115 cm³/mol. The summed E-state index contributed by atoms with van der Waals surface area (Å²) >= 11 is 0. The lowest BCUT2D eigenvalue weighted by atomic mass is 9.72. The van der Waals surface area contributed by atoms with Crippen LogP contribution in [-0.2, 0) is 9.59 Å². The highest BCUT2D eigenvalue weighted by atomic mass is 16.2. The summed E-state index contributed by atoms with van der Waals surface area (Å²) in [5, 5.41) is 0. The molecule has 3 rings (SSSR count). The van der Waals surface area contributed by atoms with Crippen molar-refractivity contribution >= 4 is 11.7 Å². The molecule has 0 N–H and O–H groups in total. The van der Waals surface area contributed by atoms with Gasteiger partial charge in [0.1, 0.15) is 5.78 Å². The molecule has 4 nitrogen and oxygen atoms in total. The van der Waals surface area contributed by atoms with Crippen molar-refractivity contribution in [3.8, 4) is 23.6 Å². The lowest BCUT2D eigenvalue weighted by Crippen LogP contribution is -2.36. The zero-order chi connectivity index (χ0) is 21.3. The van der Waals surface area contributed by atoms with E-state index in [0.717, 1.165) is 39.1 Å². The van der Waals surface area contributed by atoms with Crippen LogP contribution in [0.15, 0.2) is 42.6 Å². The highest BCUT2D eigenvalue weighted by molar-refractivity contribution is 5.95. The molecule has 0 saturated heterocycles. The fourth-order valence-corrected chi connectivity index (χ4v) is 4.23. The number of aryl methyl sites for hydroxylation is 2. The van der Waals surface area contributed by atoms with Gasteiger partial charge in [0.2, 0.25) is 5.91 Å². The van der Waals surface area contributed by atoms with E-state index in [2.05, 4.69) is 29.6 Å². The Morgan fingerprint density at radius 2 is 1.86 bits per heavy atom. The first kappa shape index (κ1) is 20.5. The molecule has 0 bridgehead atoms. The number of Topliss-reactive ketones (excluding diaryl/α,β-unsaturated/α-hetero) is 1. The standard InChI is InChI=1S/C25H26N2O2/c1-7-18-8-9-21(26-14-18)19-10-15(2)23(16(3)11-19)24-17(4)12-20(13-22(24)28)25(29)27(5)6/h1,8-11,14,20,24H,4,12-13H2,2-3,5-6H3. The normalized spacial score (nSPS) is 19.0. The molecule has 4 heteroatoms. The minimum atomic E-state index is -0.355. The Morgan fingerprint density at radius 3 is 2.34 bits per heavy atom. The molecule has 29 heavy (non-hydrogen) atoms. The molecular weight excluding hydrogens is 360 g/mol. The molecule has 1 aliphatic carbocycles. The fraction of sp³-hybridized carbons (Fsp3) is 0.320. The molecule has 1 amide bonds. The number of ketones is 1. The lowest BCUT2D eigenvalue weighted by molar-refractivity contribution is -0.137. The van der Waals surface area contributed by atoms with E-state index in [1.807, 2.05) is 26.0 Å². The van der Waals surface area contributed by atoms with Crippen molar-refractivity contribution in [2.24, 2.45) is 5.92 Å². The van der Waals surface area contributed by atoms with Crippen LogP contribution in [0.5, 0.6) is 0 Å². The Bertz CT molecular complexity index is 985. The predicted octanol–water partition coefficient (Wildman–Crippen LogP) is 4.05. The van der Waals surface area contributed by atoms with Crippen molar-refractivity contribution in [2.75, 3.05) is 14.1 Å². The monoisotopic (exact) mass is 386 g/mol. The van der Waals surface area contributed by atoms with Crippen LogP contribution in [0.4, 0.5) is 0 Å². The van der Waals surface area contributed by atoms with Gasteiger partial charge in [-0.05, 0) is 61.2 Å². The minimum Gasteiger partial charge on any atom is -0.349 e. The number of carbonyl (C=O) groups excluding carboxylic acids is 2. The maximum Gasteiger partial charge on any atom is 0.225 e. The summed E-state index contributed by atoms with van der Waals surface area (Å²) in [6.07, 6.45) is 7.89. The zero-order valence-corrected chi connectivity index (χ0v) is 17.5. The van der Waals surface area contributed by atoms with Gasteiger partial charge in [0.15, 0.2) is 0 Å². The highest BCUT2D eigenvalue weighted by Crippen LogP contribution is 2.40. The summed E-state index contributed by atoms with van der Waals surface area (Å²) in [5.41, 5.74) is 6.44.